The molecule has 0 saturated carbocycles. The zero-order valence-electron chi connectivity index (χ0n) is 9.58. The molecule has 0 aliphatic carbocycles. The molecule has 1 aromatic rings. The summed E-state index contributed by atoms with van der Waals surface area (Å²) in [5.41, 5.74) is 7.25. The predicted octanol–water partition coefficient (Wildman–Crippen LogP) is 1.51. The molecule has 0 aliphatic heterocycles. The summed E-state index contributed by atoms with van der Waals surface area (Å²) in [6.07, 6.45) is 0. The smallest absolute Gasteiger partial charge is 0.228 e. The maximum atomic E-state index is 11.7. The first-order valence-electron chi connectivity index (χ1n) is 5.18. The third-order valence-corrected chi connectivity index (χ3v) is 2.33. The van der Waals surface area contributed by atoms with Crippen LogP contribution in [0.15, 0.2) is 24.3 Å². The number of nitrogens with two attached hydrogens (primary N) is 1. The minimum absolute atomic E-state index is 0.0339. The summed E-state index contributed by atoms with van der Waals surface area (Å²) in [4.78, 5) is 11.7. The number of carbonyl (C=O) groups excluding carboxylic acids is 1. The van der Waals surface area contributed by atoms with Crippen molar-refractivity contribution in [2.45, 2.75) is 19.8 Å². The zero-order chi connectivity index (χ0) is 12.0. The van der Waals surface area contributed by atoms with Gasteiger partial charge in [-0.2, -0.15) is 0 Å². The lowest BCUT2D eigenvalue weighted by molar-refractivity contribution is -0.121. The van der Waals surface area contributed by atoms with Crippen LogP contribution in [-0.4, -0.2) is 12.5 Å². The molecule has 1 aromatic carbocycles. The molecule has 0 fully saturated rings. The van der Waals surface area contributed by atoms with E-state index < -0.39 is 0 Å². The molecule has 0 aromatic heterocycles. The molecule has 0 heterocycles. The molecular weight excluding hydrogens is 200 g/mol. The van der Waals surface area contributed by atoms with Crippen LogP contribution in [0.25, 0.3) is 0 Å². The van der Waals surface area contributed by atoms with E-state index in [-0.39, 0.29) is 11.8 Å². The van der Waals surface area contributed by atoms with E-state index in [0.717, 1.165) is 5.56 Å². The highest BCUT2D eigenvalue weighted by atomic mass is 16.1. The maximum absolute atomic E-state index is 11.7. The molecule has 84 valence electrons. The molecular formula is C13H16N2O. The largest absolute Gasteiger partial charge is 0.399 e. The fourth-order valence-electron chi connectivity index (χ4n) is 1.35. The van der Waals surface area contributed by atoms with Gasteiger partial charge in [-0.15, -0.1) is 5.92 Å². The number of hydrogen-bond donors (Lipinski definition) is 2. The lowest BCUT2D eigenvalue weighted by atomic mass is 10.00. The first-order chi connectivity index (χ1) is 7.65. The molecule has 0 saturated heterocycles. The van der Waals surface area contributed by atoms with Crippen molar-refractivity contribution in [1.29, 1.82) is 0 Å². The van der Waals surface area contributed by atoms with Crippen molar-refractivity contribution in [2.75, 3.05) is 12.3 Å². The Morgan fingerprint density at radius 2 is 2.31 bits per heavy atom. The number of anilines is 1. The minimum atomic E-state index is -0.206. The summed E-state index contributed by atoms with van der Waals surface area (Å²) in [6.45, 7) is 3.99. The molecule has 0 radical (unpaired) electrons. The molecule has 3 N–H and O–H groups in total. The van der Waals surface area contributed by atoms with Gasteiger partial charge in [0.25, 0.3) is 0 Å². The van der Waals surface area contributed by atoms with E-state index in [2.05, 4.69) is 17.2 Å². The Bertz CT molecular complexity index is 429. The van der Waals surface area contributed by atoms with Crippen molar-refractivity contribution in [2.24, 2.45) is 0 Å². The quantitative estimate of drug-likeness (QED) is 0.594. The second-order valence-electron chi connectivity index (χ2n) is 3.54. The Hall–Kier alpha value is -1.95. The normalized spacial score (nSPS) is 11.1. The molecule has 1 atom stereocenters. The molecule has 16 heavy (non-hydrogen) atoms. The van der Waals surface area contributed by atoms with Gasteiger partial charge in [-0.3, -0.25) is 4.79 Å². The highest BCUT2D eigenvalue weighted by Gasteiger charge is 2.14. The van der Waals surface area contributed by atoms with E-state index in [9.17, 15) is 4.79 Å². The average molecular weight is 216 g/mol. The van der Waals surface area contributed by atoms with Gasteiger partial charge in [-0.1, -0.05) is 18.1 Å². The summed E-state index contributed by atoms with van der Waals surface area (Å²) < 4.78 is 0. The van der Waals surface area contributed by atoms with Gasteiger partial charge in [0.05, 0.1) is 12.5 Å². The van der Waals surface area contributed by atoms with E-state index in [1.54, 1.807) is 13.0 Å². The second-order valence-corrected chi connectivity index (χ2v) is 3.54. The van der Waals surface area contributed by atoms with Crippen LogP contribution in [0.2, 0.25) is 0 Å². The molecule has 0 bridgehead atoms. The Morgan fingerprint density at radius 1 is 1.56 bits per heavy atom. The van der Waals surface area contributed by atoms with Crippen LogP contribution in [0.3, 0.4) is 0 Å². The van der Waals surface area contributed by atoms with Crippen molar-refractivity contribution in [3.8, 4) is 11.8 Å². The van der Waals surface area contributed by atoms with E-state index in [0.29, 0.717) is 12.2 Å². The van der Waals surface area contributed by atoms with Crippen molar-refractivity contribution >= 4 is 11.6 Å². The van der Waals surface area contributed by atoms with E-state index >= 15 is 0 Å². The van der Waals surface area contributed by atoms with Crippen LogP contribution in [0, 0.1) is 11.8 Å². The topological polar surface area (TPSA) is 55.1 Å². The van der Waals surface area contributed by atoms with Crippen LogP contribution in [-0.2, 0) is 4.79 Å². The third-order valence-electron chi connectivity index (χ3n) is 2.33. The van der Waals surface area contributed by atoms with Gasteiger partial charge in [0, 0.05) is 5.69 Å². The van der Waals surface area contributed by atoms with E-state index in [4.69, 9.17) is 5.73 Å². The fourth-order valence-corrected chi connectivity index (χ4v) is 1.35. The number of benzene rings is 1. The van der Waals surface area contributed by atoms with E-state index in [1.807, 2.05) is 25.1 Å². The molecule has 1 unspecified atom stereocenters. The Kier molecular flexibility index (Phi) is 4.41. The van der Waals surface area contributed by atoms with Crippen LogP contribution in [0.1, 0.15) is 25.3 Å². The van der Waals surface area contributed by atoms with Crippen molar-refractivity contribution in [3.63, 3.8) is 0 Å². The van der Waals surface area contributed by atoms with Gasteiger partial charge in [0.1, 0.15) is 0 Å². The van der Waals surface area contributed by atoms with Gasteiger partial charge in [0.15, 0.2) is 0 Å². The maximum Gasteiger partial charge on any atom is 0.228 e. The van der Waals surface area contributed by atoms with Crippen molar-refractivity contribution in [1.82, 2.24) is 5.32 Å². The number of rotatable bonds is 3. The summed E-state index contributed by atoms with van der Waals surface area (Å²) in [5.74, 6) is 5.28. The van der Waals surface area contributed by atoms with E-state index in [1.165, 1.54) is 0 Å². The van der Waals surface area contributed by atoms with Gasteiger partial charge in [0.2, 0.25) is 5.91 Å². The average Bonchev–Trinajstić information content (AvgIpc) is 2.28. The molecule has 1 amide bonds. The van der Waals surface area contributed by atoms with Gasteiger partial charge >= 0.3 is 0 Å². The third kappa shape index (κ3) is 3.32. The molecule has 0 aliphatic rings. The van der Waals surface area contributed by atoms with Crippen LogP contribution < -0.4 is 11.1 Å². The summed E-state index contributed by atoms with van der Waals surface area (Å²) >= 11 is 0. The predicted molar refractivity (Wildman–Crippen MR) is 65.7 cm³/mol. The molecule has 3 heteroatoms. The zero-order valence-corrected chi connectivity index (χ0v) is 9.58. The Labute approximate surface area is 96.0 Å². The van der Waals surface area contributed by atoms with Gasteiger partial charge < -0.3 is 11.1 Å². The first kappa shape index (κ1) is 12.1. The van der Waals surface area contributed by atoms with Gasteiger partial charge in [-0.25, -0.2) is 0 Å². The summed E-state index contributed by atoms with van der Waals surface area (Å²) in [5, 5.41) is 2.75. The SMILES string of the molecule is CC#CCNC(=O)C(C)c1cccc(N)c1. The molecule has 1 rings (SSSR count). The fraction of sp³-hybridized carbons (Fsp3) is 0.308. The highest BCUT2D eigenvalue weighted by molar-refractivity contribution is 5.83. The number of nitrogen functional groups attached to an aromatic ring is 1. The summed E-state index contributed by atoms with van der Waals surface area (Å²) in [7, 11) is 0. The Balaban J connectivity index is 2.65. The van der Waals surface area contributed by atoms with Crippen LogP contribution in [0.4, 0.5) is 5.69 Å². The standard InChI is InChI=1S/C13H16N2O/c1-3-4-8-15-13(16)10(2)11-6-5-7-12(14)9-11/h5-7,9-10H,8,14H2,1-2H3,(H,15,16). The first-order valence-corrected chi connectivity index (χ1v) is 5.18. The van der Waals surface area contributed by atoms with Crippen molar-refractivity contribution in [3.05, 3.63) is 29.8 Å². The summed E-state index contributed by atoms with van der Waals surface area (Å²) in [6, 6.07) is 7.36. The number of hydrogen-bond acceptors (Lipinski definition) is 2. The lowest BCUT2D eigenvalue weighted by Crippen LogP contribution is -2.28. The number of carbonyl (C=O) groups is 1. The molecule has 0 spiro atoms. The van der Waals surface area contributed by atoms with Crippen LogP contribution >= 0.6 is 0 Å². The highest BCUT2D eigenvalue weighted by Crippen LogP contribution is 2.17. The van der Waals surface area contributed by atoms with Gasteiger partial charge in [-0.05, 0) is 31.5 Å². The Morgan fingerprint density at radius 3 is 2.94 bits per heavy atom. The second kappa shape index (κ2) is 5.82. The molecule has 3 nitrogen and oxygen atoms in total. The number of nitrogens with one attached hydrogen (secondary N) is 1. The minimum Gasteiger partial charge on any atom is -0.399 e. The van der Waals surface area contributed by atoms with Crippen LogP contribution in [0.5, 0.6) is 0 Å². The van der Waals surface area contributed by atoms with Crippen molar-refractivity contribution < 1.29 is 4.79 Å². The monoisotopic (exact) mass is 216 g/mol. The number of amides is 1. The lowest BCUT2D eigenvalue weighted by Gasteiger charge is -2.11.